The second kappa shape index (κ2) is 4.94. The van der Waals surface area contributed by atoms with Crippen LogP contribution >= 0.6 is 0 Å². The summed E-state index contributed by atoms with van der Waals surface area (Å²) in [7, 11) is 0. The largest absolute Gasteiger partial charge is 0.390 e. The summed E-state index contributed by atoms with van der Waals surface area (Å²) in [5, 5.41) is 10.9. The Bertz CT molecular complexity index is 438. The van der Waals surface area contributed by atoms with Gasteiger partial charge in [0.1, 0.15) is 0 Å². The summed E-state index contributed by atoms with van der Waals surface area (Å²) in [6.45, 7) is 11.1. The van der Waals surface area contributed by atoms with E-state index >= 15 is 0 Å². The van der Waals surface area contributed by atoms with Crippen LogP contribution in [0.2, 0.25) is 0 Å². The molecule has 1 aliphatic carbocycles. The first-order chi connectivity index (χ1) is 8.71. The minimum Gasteiger partial charge on any atom is -0.390 e. The van der Waals surface area contributed by atoms with Crippen molar-refractivity contribution >= 4 is 0 Å². The highest BCUT2D eigenvalue weighted by molar-refractivity contribution is 5.38. The molecule has 1 aromatic carbocycles. The van der Waals surface area contributed by atoms with Gasteiger partial charge in [-0.15, -0.1) is 0 Å². The number of hydrogen-bond acceptors (Lipinski definition) is 1. The molecule has 0 unspecified atom stereocenters. The highest BCUT2D eigenvalue weighted by Gasteiger charge is 2.37. The summed E-state index contributed by atoms with van der Waals surface area (Å²) < 4.78 is 0. The summed E-state index contributed by atoms with van der Waals surface area (Å²) >= 11 is 0. The van der Waals surface area contributed by atoms with E-state index in [1.165, 1.54) is 22.3 Å². The van der Waals surface area contributed by atoms with Crippen LogP contribution in [0.25, 0.3) is 0 Å². The van der Waals surface area contributed by atoms with Crippen LogP contribution in [0.4, 0.5) is 0 Å². The molecule has 0 aliphatic heterocycles. The van der Waals surface area contributed by atoms with Gasteiger partial charge in [0, 0.05) is 6.42 Å². The van der Waals surface area contributed by atoms with E-state index in [0.717, 1.165) is 32.1 Å². The van der Waals surface area contributed by atoms with E-state index in [-0.39, 0.29) is 0 Å². The van der Waals surface area contributed by atoms with Gasteiger partial charge in [-0.25, -0.2) is 0 Å². The van der Waals surface area contributed by atoms with Crippen LogP contribution in [0, 0.1) is 26.2 Å². The quantitative estimate of drug-likeness (QED) is 0.831. The van der Waals surface area contributed by atoms with Gasteiger partial charge in [-0.2, -0.15) is 0 Å². The van der Waals surface area contributed by atoms with Crippen LogP contribution in [0.5, 0.6) is 0 Å². The van der Waals surface area contributed by atoms with Gasteiger partial charge in [0.05, 0.1) is 5.60 Å². The monoisotopic (exact) mass is 260 g/mol. The van der Waals surface area contributed by atoms with Gasteiger partial charge in [-0.1, -0.05) is 31.5 Å². The summed E-state index contributed by atoms with van der Waals surface area (Å²) in [6.07, 6.45) is 4.96. The molecule has 106 valence electrons. The van der Waals surface area contributed by atoms with Crippen molar-refractivity contribution in [2.75, 3.05) is 0 Å². The Morgan fingerprint density at radius 2 is 1.42 bits per heavy atom. The molecule has 1 heteroatoms. The van der Waals surface area contributed by atoms with Gasteiger partial charge in [-0.05, 0) is 68.6 Å². The summed E-state index contributed by atoms with van der Waals surface area (Å²) in [5.74, 6) is 0. The van der Waals surface area contributed by atoms with Crippen LogP contribution in [-0.4, -0.2) is 10.7 Å². The highest BCUT2D eigenvalue weighted by atomic mass is 16.3. The number of aryl methyl sites for hydroxylation is 3. The van der Waals surface area contributed by atoms with Crippen molar-refractivity contribution < 1.29 is 5.11 Å². The predicted molar refractivity (Wildman–Crippen MR) is 81.6 cm³/mol. The second-order valence-corrected chi connectivity index (χ2v) is 7.44. The molecule has 19 heavy (non-hydrogen) atoms. The summed E-state index contributed by atoms with van der Waals surface area (Å²) in [5.41, 5.74) is 5.25. The zero-order chi connectivity index (χ0) is 14.3. The van der Waals surface area contributed by atoms with Gasteiger partial charge in [0.25, 0.3) is 0 Å². The molecule has 1 aromatic rings. The van der Waals surface area contributed by atoms with Crippen molar-refractivity contribution in [2.45, 2.75) is 72.3 Å². The van der Waals surface area contributed by atoms with E-state index in [2.05, 4.69) is 46.8 Å². The lowest BCUT2D eigenvalue weighted by Gasteiger charge is -2.40. The molecule has 0 radical (unpaired) electrons. The topological polar surface area (TPSA) is 20.2 Å². The first-order valence-corrected chi connectivity index (χ1v) is 7.50. The SMILES string of the molecule is Cc1cc(C)c(CC2(O)CCC(C)(C)CC2)c(C)c1. The first-order valence-electron chi connectivity index (χ1n) is 7.50. The van der Waals surface area contributed by atoms with Gasteiger partial charge < -0.3 is 5.11 Å². The Labute approximate surface area is 118 Å². The lowest BCUT2D eigenvalue weighted by molar-refractivity contribution is -0.0253. The van der Waals surface area contributed by atoms with E-state index in [9.17, 15) is 5.11 Å². The van der Waals surface area contributed by atoms with Crippen molar-refractivity contribution in [3.63, 3.8) is 0 Å². The Kier molecular flexibility index (Phi) is 3.79. The molecule has 0 spiro atoms. The number of aliphatic hydroxyl groups is 1. The molecular formula is C18H28O. The first kappa shape index (κ1) is 14.6. The summed E-state index contributed by atoms with van der Waals surface area (Å²) in [4.78, 5) is 0. The molecule has 0 amide bonds. The maximum Gasteiger partial charge on any atom is 0.0688 e. The fourth-order valence-electron chi connectivity index (χ4n) is 3.39. The zero-order valence-electron chi connectivity index (χ0n) is 13.1. The molecule has 0 saturated heterocycles. The fraction of sp³-hybridized carbons (Fsp3) is 0.667. The van der Waals surface area contributed by atoms with Crippen LogP contribution in [-0.2, 0) is 6.42 Å². The standard InChI is InChI=1S/C18H28O/c1-13-10-14(2)16(15(3)11-13)12-18(19)8-6-17(4,5)7-9-18/h10-11,19H,6-9,12H2,1-5H3. The Hall–Kier alpha value is -0.820. The molecular weight excluding hydrogens is 232 g/mol. The lowest BCUT2D eigenvalue weighted by Crippen LogP contribution is -2.39. The Balaban J connectivity index is 2.18. The van der Waals surface area contributed by atoms with Crippen molar-refractivity contribution in [1.29, 1.82) is 0 Å². The van der Waals surface area contributed by atoms with Crippen LogP contribution in [0.1, 0.15) is 61.8 Å². The van der Waals surface area contributed by atoms with Gasteiger partial charge >= 0.3 is 0 Å². The third kappa shape index (κ3) is 3.39. The number of hydrogen-bond donors (Lipinski definition) is 1. The molecule has 1 nitrogen and oxygen atoms in total. The molecule has 1 aliphatic rings. The van der Waals surface area contributed by atoms with Crippen LogP contribution < -0.4 is 0 Å². The molecule has 0 atom stereocenters. The van der Waals surface area contributed by atoms with Crippen molar-refractivity contribution in [3.8, 4) is 0 Å². The molecule has 2 rings (SSSR count). The molecule has 1 saturated carbocycles. The molecule has 0 heterocycles. The smallest absolute Gasteiger partial charge is 0.0688 e. The average molecular weight is 260 g/mol. The van der Waals surface area contributed by atoms with Crippen molar-refractivity contribution in [1.82, 2.24) is 0 Å². The molecule has 1 fully saturated rings. The van der Waals surface area contributed by atoms with E-state index in [1.807, 2.05) is 0 Å². The number of benzene rings is 1. The highest BCUT2D eigenvalue weighted by Crippen LogP contribution is 2.42. The zero-order valence-corrected chi connectivity index (χ0v) is 13.1. The summed E-state index contributed by atoms with van der Waals surface area (Å²) in [6, 6.07) is 4.47. The Morgan fingerprint density at radius 3 is 1.89 bits per heavy atom. The van der Waals surface area contributed by atoms with E-state index in [1.54, 1.807) is 0 Å². The number of rotatable bonds is 2. The van der Waals surface area contributed by atoms with E-state index in [0.29, 0.717) is 5.41 Å². The second-order valence-electron chi connectivity index (χ2n) is 7.44. The van der Waals surface area contributed by atoms with E-state index < -0.39 is 5.60 Å². The molecule has 1 N–H and O–H groups in total. The van der Waals surface area contributed by atoms with Crippen molar-refractivity contribution in [2.24, 2.45) is 5.41 Å². The van der Waals surface area contributed by atoms with Crippen LogP contribution in [0.15, 0.2) is 12.1 Å². The minimum atomic E-state index is -0.486. The van der Waals surface area contributed by atoms with Gasteiger partial charge in [0.2, 0.25) is 0 Å². The third-order valence-electron chi connectivity index (χ3n) is 4.88. The molecule has 0 aromatic heterocycles. The normalized spacial score (nSPS) is 21.4. The van der Waals surface area contributed by atoms with E-state index in [4.69, 9.17) is 0 Å². The minimum absolute atomic E-state index is 0.406. The average Bonchev–Trinajstić information content (AvgIpc) is 2.29. The maximum atomic E-state index is 10.9. The maximum absolute atomic E-state index is 10.9. The van der Waals surface area contributed by atoms with Crippen molar-refractivity contribution in [3.05, 3.63) is 34.4 Å². The lowest BCUT2D eigenvalue weighted by atomic mass is 9.69. The fourth-order valence-corrected chi connectivity index (χ4v) is 3.39. The van der Waals surface area contributed by atoms with Gasteiger partial charge in [-0.3, -0.25) is 0 Å². The third-order valence-corrected chi connectivity index (χ3v) is 4.88. The van der Waals surface area contributed by atoms with Gasteiger partial charge in [0.15, 0.2) is 0 Å². The van der Waals surface area contributed by atoms with Crippen LogP contribution in [0.3, 0.4) is 0 Å². The molecule has 0 bridgehead atoms. The predicted octanol–water partition coefficient (Wildman–Crippen LogP) is 4.49. The Morgan fingerprint density at radius 1 is 0.947 bits per heavy atom.